The van der Waals surface area contributed by atoms with Crippen molar-refractivity contribution in [3.8, 4) is 0 Å². The van der Waals surface area contributed by atoms with Crippen LogP contribution in [0.25, 0.3) is 0 Å². The molecule has 0 radical (unpaired) electrons. The van der Waals surface area contributed by atoms with Crippen molar-refractivity contribution in [1.82, 2.24) is 9.80 Å². The van der Waals surface area contributed by atoms with E-state index in [1.807, 2.05) is 6.20 Å². The summed E-state index contributed by atoms with van der Waals surface area (Å²) in [6.07, 6.45) is 1.95. The van der Waals surface area contributed by atoms with Crippen molar-refractivity contribution in [3.05, 3.63) is 12.8 Å². The Morgan fingerprint density at radius 1 is 1.23 bits per heavy atom. The molecule has 0 aromatic carbocycles. The summed E-state index contributed by atoms with van der Waals surface area (Å²) in [7, 11) is 0. The molecule has 2 aliphatic heterocycles. The van der Waals surface area contributed by atoms with Crippen LogP contribution in [-0.2, 0) is 4.74 Å². The zero-order valence-corrected chi connectivity index (χ0v) is 8.11. The van der Waals surface area contributed by atoms with Crippen LogP contribution < -0.4 is 0 Å². The number of hydrogen-bond acceptors (Lipinski definition) is 3. The maximum Gasteiger partial charge on any atom is 0.0528 e. The Labute approximate surface area is 80.0 Å². The first-order valence-electron chi connectivity index (χ1n) is 5.05. The van der Waals surface area contributed by atoms with E-state index in [2.05, 4.69) is 16.4 Å². The SMILES string of the molecule is C=CN1CCN(CC2COC2)CC1. The molecule has 0 saturated carbocycles. The molecule has 2 saturated heterocycles. The van der Waals surface area contributed by atoms with E-state index in [0.29, 0.717) is 0 Å². The second kappa shape index (κ2) is 4.11. The molecule has 0 bridgehead atoms. The molecular weight excluding hydrogens is 164 g/mol. The molecule has 0 amide bonds. The largest absolute Gasteiger partial charge is 0.381 e. The maximum absolute atomic E-state index is 5.17. The van der Waals surface area contributed by atoms with Gasteiger partial charge in [0.05, 0.1) is 13.2 Å². The molecule has 2 heterocycles. The fraction of sp³-hybridized carbons (Fsp3) is 0.800. The molecule has 0 atom stereocenters. The van der Waals surface area contributed by atoms with Crippen LogP contribution in [0.5, 0.6) is 0 Å². The summed E-state index contributed by atoms with van der Waals surface area (Å²) < 4.78 is 5.17. The van der Waals surface area contributed by atoms with Crippen LogP contribution in [0.4, 0.5) is 0 Å². The van der Waals surface area contributed by atoms with Crippen LogP contribution in [-0.4, -0.2) is 55.7 Å². The summed E-state index contributed by atoms with van der Waals surface area (Å²) in [5.41, 5.74) is 0. The van der Waals surface area contributed by atoms with Gasteiger partial charge < -0.3 is 9.64 Å². The van der Waals surface area contributed by atoms with E-state index >= 15 is 0 Å². The van der Waals surface area contributed by atoms with E-state index in [1.54, 1.807) is 0 Å². The molecule has 2 rings (SSSR count). The Kier molecular flexibility index (Phi) is 2.86. The second-order valence-electron chi connectivity index (χ2n) is 3.92. The Hall–Kier alpha value is -0.540. The zero-order chi connectivity index (χ0) is 9.10. The van der Waals surface area contributed by atoms with Crippen molar-refractivity contribution in [2.75, 3.05) is 45.9 Å². The average molecular weight is 182 g/mol. The summed E-state index contributed by atoms with van der Waals surface area (Å²) >= 11 is 0. The molecule has 0 N–H and O–H groups in total. The Morgan fingerprint density at radius 3 is 2.38 bits per heavy atom. The van der Waals surface area contributed by atoms with Gasteiger partial charge in [0.15, 0.2) is 0 Å². The summed E-state index contributed by atoms with van der Waals surface area (Å²) in [6, 6.07) is 0. The lowest BCUT2D eigenvalue weighted by Gasteiger charge is -2.37. The van der Waals surface area contributed by atoms with Crippen LogP contribution in [0.15, 0.2) is 12.8 Å². The minimum absolute atomic E-state index is 0.801. The van der Waals surface area contributed by atoms with Gasteiger partial charge in [-0.1, -0.05) is 6.58 Å². The van der Waals surface area contributed by atoms with Gasteiger partial charge in [-0.2, -0.15) is 0 Å². The molecule has 0 spiro atoms. The fourth-order valence-corrected chi connectivity index (χ4v) is 1.88. The molecular formula is C10H18N2O. The molecule has 2 aliphatic rings. The smallest absolute Gasteiger partial charge is 0.0528 e. The minimum Gasteiger partial charge on any atom is -0.381 e. The van der Waals surface area contributed by atoms with Gasteiger partial charge in [0.2, 0.25) is 0 Å². The van der Waals surface area contributed by atoms with Crippen LogP contribution >= 0.6 is 0 Å². The lowest BCUT2D eigenvalue weighted by Crippen LogP contribution is -2.48. The highest BCUT2D eigenvalue weighted by Gasteiger charge is 2.23. The average Bonchev–Trinajstić information content (AvgIpc) is 2.12. The van der Waals surface area contributed by atoms with Crippen LogP contribution in [0, 0.1) is 5.92 Å². The lowest BCUT2D eigenvalue weighted by atomic mass is 10.1. The summed E-state index contributed by atoms with van der Waals surface area (Å²) in [5.74, 6) is 0.801. The van der Waals surface area contributed by atoms with Gasteiger partial charge >= 0.3 is 0 Å². The number of hydrogen-bond donors (Lipinski definition) is 0. The second-order valence-corrected chi connectivity index (χ2v) is 3.92. The van der Waals surface area contributed by atoms with E-state index < -0.39 is 0 Å². The predicted molar refractivity (Wildman–Crippen MR) is 52.5 cm³/mol. The Morgan fingerprint density at radius 2 is 1.92 bits per heavy atom. The normalized spacial score (nSPS) is 25.7. The standard InChI is InChI=1S/C10H18N2O/c1-2-11-3-5-12(6-4-11)7-10-8-13-9-10/h2,10H,1,3-9H2. The van der Waals surface area contributed by atoms with Crippen molar-refractivity contribution in [3.63, 3.8) is 0 Å². The fourth-order valence-electron chi connectivity index (χ4n) is 1.88. The summed E-state index contributed by atoms with van der Waals surface area (Å²) in [6.45, 7) is 11.6. The quantitative estimate of drug-likeness (QED) is 0.628. The molecule has 3 heteroatoms. The third kappa shape index (κ3) is 2.23. The van der Waals surface area contributed by atoms with Gasteiger partial charge in [-0.3, -0.25) is 4.90 Å². The van der Waals surface area contributed by atoms with Crippen molar-refractivity contribution in [2.24, 2.45) is 5.92 Å². The van der Waals surface area contributed by atoms with Gasteiger partial charge in [0.25, 0.3) is 0 Å². The number of ether oxygens (including phenoxy) is 1. The summed E-state index contributed by atoms with van der Waals surface area (Å²) in [5, 5.41) is 0. The van der Waals surface area contributed by atoms with Crippen LogP contribution in [0.3, 0.4) is 0 Å². The molecule has 0 aliphatic carbocycles. The van der Waals surface area contributed by atoms with E-state index in [4.69, 9.17) is 4.74 Å². The lowest BCUT2D eigenvalue weighted by molar-refractivity contribution is -0.0498. The van der Waals surface area contributed by atoms with Gasteiger partial charge in [0, 0.05) is 38.6 Å². The van der Waals surface area contributed by atoms with E-state index in [-0.39, 0.29) is 0 Å². The number of nitrogens with zero attached hydrogens (tertiary/aromatic N) is 2. The van der Waals surface area contributed by atoms with Crippen molar-refractivity contribution >= 4 is 0 Å². The number of piperazine rings is 1. The van der Waals surface area contributed by atoms with Crippen LogP contribution in [0.2, 0.25) is 0 Å². The van der Waals surface area contributed by atoms with Gasteiger partial charge in [-0.25, -0.2) is 0 Å². The van der Waals surface area contributed by atoms with E-state index in [1.165, 1.54) is 19.6 Å². The molecule has 3 nitrogen and oxygen atoms in total. The molecule has 0 aromatic heterocycles. The van der Waals surface area contributed by atoms with Gasteiger partial charge in [-0.15, -0.1) is 0 Å². The van der Waals surface area contributed by atoms with E-state index in [9.17, 15) is 0 Å². The number of rotatable bonds is 3. The maximum atomic E-state index is 5.17. The van der Waals surface area contributed by atoms with Crippen molar-refractivity contribution < 1.29 is 4.74 Å². The third-order valence-electron chi connectivity index (χ3n) is 2.89. The van der Waals surface area contributed by atoms with Crippen molar-refractivity contribution in [2.45, 2.75) is 0 Å². The topological polar surface area (TPSA) is 15.7 Å². The molecule has 0 aromatic rings. The monoisotopic (exact) mass is 182 g/mol. The molecule has 74 valence electrons. The highest BCUT2D eigenvalue weighted by Crippen LogP contribution is 2.13. The van der Waals surface area contributed by atoms with Gasteiger partial charge in [-0.05, 0) is 6.20 Å². The predicted octanol–water partition coefficient (Wildman–Crippen LogP) is 0.394. The Balaban J connectivity index is 1.68. The minimum atomic E-state index is 0.801. The van der Waals surface area contributed by atoms with Crippen LogP contribution in [0.1, 0.15) is 0 Å². The highest BCUT2D eigenvalue weighted by atomic mass is 16.5. The first kappa shape index (κ1) is 9.03. The van der Waals surface area contributed by atoms with Crippen molar-refractivity contribution in [1.29, 1.82) is 0 Å². The van der Waals surface area contributed by atoms with E-state index in [0.717, 1.165) is 32.2 Å². The first-order chi connectivity index (χ1) is 6.38. The summed E-state index contributed by atoms with van der Waals surface area (Å²) in [4.78, 5) is 4.82. The molecule has 13 heavy (non-hydrogen) atoms. The van der Waals surface area contributed by atoms with Gasteiger partial charge in [0.1, 0.15) is 0 Å². The first-order valence-corrected chi connectivity index (χ1v) is 5.05. The zero-order valence-electron chi connectivity index (χ0n) is 8.11. The molecule has 0 unspecified atom stereocenters. The third-order valence-corrected chi connectivity index (χ3v) is 2.89. The molecule has 2 fully saturated rings. The highest BCUT2D eigenvalue weighted by molar-refractivity contribution is 4.80. The Bertz CT molecular complexity index is 172.